The summed E-state index contributed by atoms with van der Waals surface area (Å²) in [6.45, 7) is 8.22. The zero-order chi connectivity index (χ0) is 25.2. The molecule has 0 spiro atoms. The van der Waals surface area contributed by atoms with Gasteiger partial charge in [-0.15, -0.1) is 0 Å². The fourth-order valence-electron chi connectivity index (χ4n) is 3.18. The number of nitrogens with zero attached hydrogens (tertiary/aromatic N) is 1. The van der Waals surface area contributed by atoms with Crippen molar-refractivity contribution in [3.63, 3.8) is 0 Å². The summed E-state index contributed by atoms with van der Waals surface area (Å²) in [5.74, 6) is 0.886. The van der Waals surface area contributed by atoms with Gasteiger partial charge in [0.2, 0.25) is 0 Å². The second-order valence-corrected chi connectivity index (χ2v) is 8.16. The van der Waals surface area contributed by atoms with E-state index in [1.807, 2.05) is 32.0 Å². The van der Waals surface area contributed by atoms with Crippen molar-refractivity contribution in [1.82, 2.24) is 5.43 Å². The molecule has 3 aromatic rings. The van der Waals surface area contributed by atoms with Crippen LogP contribution in [0, 0.1) is 6.92 Å². The van der Waals surface area contributed by atoms with Crippen LogP contribution in [0.4, 0.5) is 0 Å². The topological polar surface area (TPSA) is 86.2 Å². The molecule has 0 heterocycles. The SMILES string of the molecule is CCOc1cc(C=NNC(=O)COc2cc(C(C)C)ccc2C)ccc1OC(=O)c1ccccc1. The molecule has 0 aromatic heterocycles. The standard InChI is InChI=1S/C28H30N2O5/c1-5-33-26-15-21(12-14-24(26)35-28(32)22-9-7-6-8-10-22)17-29-30-27(31)18-34-25-16-23(19(2)3)13-11-20(25)4/h6-17,19H,5,18H2,1-4H3,(H,30,31). The number of aryl methyl sites for hydroxylation is 1. The van der Waals surface area contributed by atoms with Crippen LogP contribution >= 0.6 is 0 Å². The van der Waals surface area contributed by atoms with Crippen molar-refractivity contribution in [1.29, 1.82) is 0 Å². The molecule has 0 aliphatic rings. The molecule has 3 rings (SSSR count). The van der Waals surface area contributed by atoms with Gasteiger partial charge in [-0.25, -0.2) is 10.2 Å². The molecule has 0 aliphatic heterocycles. The van der Waals surface area contributed by atoms with Crippen molar-refractivity contribution < 1.29 is 23.8 Å². The second-order valence-electron chi connectivity index (χ2n) is 8.16. The number of hydrogen-bond acceptors (Lipinski definition) is 6. The minimum atomic E-state index is -0.477. The first-order valence-electron chi connectivity index (χ1n) is 11.5. The fourth-order valence-corrected chi connectivity index (χ4v) is 3.18. The zero-order valence-corrected chi connectivity index (χ0v) is 20.4. The molecule has 0 atom stereocenters. The third-order valence-corrected chi connectivity index (χ3v) is 5.12. The van der Waals surface area contributed by atoms with Crippen LogP contribution in [0.25, 0.3) is 0 Å². The van der Waals surface area contributed by atoms with Crippen LogP contribution in [0.1, 0.15) is 53.7 Å². The van der Waals surface area contributed by atoms with Crippen LogP contribution in [-0.4, -0.2) is 31.3 Å². The summed E-state index contributed by atoms with van der Waals surface area (Å²) in [5, 5.41) is 3.99. The minimum absolute atomic E-state index is 0.154. The maximum atomic E-state index is 12.4. The highest BCUT2D eigenvalue weighted by molar-refractivity contribution is 5.91. The van der Waals surface area contributed by atoms with Gasteiger partial charge in [0.15, 0.2) is 18.1 Å². The summed E-state index contributed by atoms with van der Waals surface area (Å²) < 4.78 is 16.8. The van der Waals surface area contributed by atoms with Gasteiger partial charge in [0, 0.05) is 0 Å². The first kappa shape index (κ1) is 25.5. The number of carbonyl (C=O) groups excluding carboxylic acids is 2. The number of benzene rings is 3. The van der Waals surface area contributed by atoms with Crippen molar-refractivity contribution in [2.24, 2.45) is 5.10 Å². The number of esters is 1. The van der Waals surface area contributed by atoms with Gasteiger partial charge in [0.25, 0.3) is 5.91 Å². The molecular weight excluding hydrogens is 444 g/mol. The largest absolute Gasteiger partial charge is 0.490 e. The summed E-state index contributed by atoms with van der Waals surface area (Å²) in [4.78, 5) is 24.6. The average molecular weight is 475 g/mol. The molecule has 7 nitrogen and oxygen atoms in total. The van der Waals surface area contributed by atoms with Crippen molar-refractivity contribution >= 4 is 18.1 Å². The number of carbonyl (C=O) groups is 2. The Labute approximate surface area is 205 Å². The average Bonchev–Trinajstić information content (AvgIpc) is 2.85. The highest BCUT2D eigenvalue weighted by Crippen LogP contribution is 2.29. The van der Waals surface area contributed by atoms with E-state index in [1.54, 1.807) is 42.5 Å². The van der Waals surface area contributed by atoms with E-state index < -0.39 is 5.97 Å². The zero-order valence-electron chi connectivity index (χ0n) is 20.4. The number of amides is 1. The van der Waals surface area contributed by atoms with Gasteiger partial charge in [-0.2, -0.15) is 5.10 Å². The second kappa shape index (κ2) is 12.4. The van der Waals surface area contributed by atoms with Gasteiger partial charge in [-0.05, 0) is 72.9 Å². The Balaban J connectivity index is 1.59. The smallest absolute Gasteiger partial charge is 0.343 e. The van der Waals surface area contributed by atoms with Crippen LogP contribution in [0.3, 0.4) is 0 Å². The Bertz CT molecular complexity index is 1190. The van der Waals surface area contributed by atoms with E-state index >= 15 is 0 Å². The van der Waals surface area contributed by atoms with E-state index in [-0.39, 0.29) is 12.5 Å². The molecule has 0 bridgehead atoms. The molecule has 0 radical (unpaired) electrons. The number of ether oxygens (including phenoxy) is 3. The molecule has 0 saturated heterocycles. The highest BCUT2D eigenvalue weighted by atomic mass is 16.6. The van der Waals surface area contributed by atoms with Gasteiger partial charge in [0.05, 0.1) is 18.4 Å². The van der Waals surface area contributed by atoms with Gasteiger partial charge < -0.3 is 14.2 Å². The van der Waals surface area contributed by atoms with E-state index in [2.05, 4.69) is 30.4 Å². The lowest BCUT2D eigenvalue weighted by molar-refractivity contribution is -0.123. The molecule has 1 N–H and O–H groups in total. The van der Waals surface area contributed by atoms with E-state index in [0.717, 1.165) is 11.1 Å². The summed E-state index contributed by atoms with van der Waals surface area (Å²) in [6, 6.07) is 19.7. The molecule has 182 valence electrons. The predicted molar refractivity (Wildman–Crippen MR) is 136 cm³/mol. The van der Waals surface area contributed by atoms with Crippen LogP contribution in [0.5, 0.6) is 17.2 Å². The summed E-state index contributed by atoms with van der Waals surface area (Å²) >= 11 is 0. The lowest BCUT2D eigenvalue weighted by Gasteiger charge is -2.12. The Kier molecular flexibility index (Phi) is 9.01. The van der Waals surface area contributed by atoms with Gasteiger partial charge in [-0.3, -0.25) is 4.79 Å². The van der Waals surface area contributed by atoms with Gasteiger partial charge >= 0.3 is 5.97 Å². The predicted octanol–water partition coefficient (Wildman–Crippen LogP) is 5.27. The summed E-state index contributed by atoms with van der Waals surface area (Å²) in [5.41, 5.74) is 5.67. The van der Waals surface area contributed by atoms with Crippen LogP contribution < -0.4 is 19.6 Å². The normalized spacial score (nSPS) is 10.9. The molecule has 0 aliphatic carbocycles. The van der Waals surface area contributed by atoms with Crippen molar-refractivity contribution in [2.75, 3.05) is 13.2 Å². The fraction of sp³-hybridized carbons (Fsp3) is 0.250. The monoisotopic (exact) mass is 474 g/mol. The van der Waals surface area contributed by atoms with Crippen molar-refractivity contribution in [3.05, 3.63) is 89.0 Å². The minimum Gasteiger partial charge on any atom is -0.490 e. The quantitative estimate of drug-likeness (QED) is 0.187. The summed E-state index contributed by atoms with van der Waals surface area (Å²) in [6.07, 6.45) is 1.48. The van der Waals surface area contributed by atoms with Crippen LogP contribution in [0.15, 0.2) is 71.8 Å². The molecule has 0 unspecified atom stereocenters. The molecule has 3 aromatic carbocycles. The van der Waals surface area contributed by atoms with E-state index in [1.165, 1.54) is 6.21 Å². The lowest BCUT2D eigenvalue weighted by Crippen LogP contribution is -2.24. The Hall–Kier alpha value is -4.13. The number of hydrogen-bond donors (Lipinski definition) is 1. The maximum absolute atomic E-state index is 12.4. The maximum Gasteiger partial charge on any atom is 0.343 e. The Morgan fingerprint density at radius 3 is 2.43 bits per heavy atom. The molecule has 35 heavy (non-hydrogen) atoms. The molecule has 0 fully saturated rings. The number of hydrazone groups is 1. The van der Waals surface area contributed by atoms with Crippen LogP contribution in [-0.2, 0) is 4.79 Å². The third kappa shape index (κ3) is 7.43. The van der Waals surface area contributed by atoms with Gasteiger partial charge in [0.1, 0.15) is 5.75 Å². The third-order valence-electron chi connectivity index (χ3n) is 5.12. The summed E-state index contributed by atoms with van der Waals surface area (Å²) in [7, 11) is 0. The lowest BCUT2D eigenvalue weighted by atomic mass is 10.0. The Morgan fingerprint density at radius 1 is 0.943 bits per heavy atom. The Morgan fingerprint density at radius 2 is 1.71 bits per heavy atom. The molecule has 1 amide bonds. The molecule has 0 saturated carbocycles. The van der Waals surface area contributed by atoms with E-state index in [4.69, 9.17) is 14.2 Å². The molecular formula is C28H30N2O5. The highest BCUT2D eigenvalue weighted by Gasteiger charge is 2.13. The van der Waals surface area contributed by atoms with Crippen molar-refractivity contribution in [3.8, 4) is 17.2 Å². The van der Waals surface area contributed by atoms with Crippen molar-refractivity contribution in [2.45, 2.75) is 33.6 Å². The van der Waals surface area contributed by atoms with E-state index in [0.29, 0.717) is 40.9 Å². The van der Waals surface area contributed by atoms with Crippen LogP contribution in [0.2, 0.25) is 0 Å². The van der Waals surface area contributed by atoms with Gasteiger partial charge in [-0.1, -0.05) is 44.2 Å². The first-order valence-corrected chi connectivity index (χ1v) is 11.5. The first-order chi connectivity index (χ1) is 16.9. The number of rotatable bonds is 10. The number of nitrogens with one attached hydrogen (secondary N) is 1. The van der Waals surface area contributed by atoms with E-state index in [9.17, 15) is 9.59 Å². The molecule has 7 heteroatoms.